The Hall–Kier alpha value is -0.0800. The Morgan fingerprint density at radius 3 is 2.38 bits per heavy atom. The van der Waals surface area contributed by atoms with Crippen LogP contribution >= 0.6 is 0 Å². The van der Waals surface area contributed by atoms with Gasteiger partial charge in [0.05, 0.1) is 0 Å². The van der Waals surface area contributed by atoms with Crippen molar-refractivity contribution in [2.75, 3.05) is 32.7 Å². The maximum atomic E-state index is 3.39. The molecule has 2 heteroatoms. The van der Waals surface area contributed by atoms with Crippen molar-refractivity contribution in [3.05, 3.63) is 0 Å². The molecule has 2 nitrogen and oxygen atoms in total. The zero-order valence-electron chi connectivity index (χ0n) is 11.5. The number of nitrogens with one attached hydrogen (secondary N) is 1. The highest BCUT2D eigenvalue weighted by atomic mass is 15.1. The number of likely N-dealkylation sites (tertiary alicyclic amines) is 1. The van der Waals surface area contributed by atoms with Crippen molar-refractivity contribution in [3.63, 3.8) is 0 Å². The van der Waals surface area contributed by atoms with E-state index in [0.29, 0.717) is 5.41 Å². The molecule has 0 unspecified atom stereocenters. The number of piperidine rings is 1. The van der Waals surface area contributed by atoms with Gasteiger partial charge < -0.3 is 10.2 Å². The first-order valence-corrected chi connectivity index (χ1v) is 7.13. The maximum absolute atomic E-state index is 3.39. The fourth-order valence-electron chi connectivity index (χ4n) is 2.43. The van der Waals surface area contributed by atoms with E-state index in [1.807, 2.05) is 0 Å². The molecule has 1 heterocycles. The highest BCUT2D eigenvalue weighted by Crippen LogP contribution is 2.33. The van der Waals surface area contributed by atoms with Crippen LogP contribution in [0.15, 0.2) is 0 Å². The first kappa shape index (κ1) is 14.0. The van der Waals surface area contributed by atoms with Crippen molar-refractivity contribution in [2.45, 2.75) is 52.9 Å². The molecule has 0 aliphatic carbocycles. The van der Waals surface area contributed by atoms with Gasteiger partial charge in [0.1, 0.15) is 0 Å². The monoisotopic (exact) mass is 226 g/mol. The molecule has 0 amide bonds. The van der Waals surface area contributed by atoms with Gasteiger partial charge in [0.15, 0.2) is 0 Å². The van der Waals surface area contributed by atoms with Gasteiger partial charge in [-0.2, -0.15) is 0 Å². The lowest BCUT2D eigenvalue weighted by atomic mass is 9.78. The molecule has 0 radical (unpaired) electrons. The minimum Gasteiger partial charge on any atom is -0.317 e. The van der Waals surface area contributed by atoms with Crippen LogP contribution in [0.2, 0.25) is 0 Å². The highest BCUT2D eigenvalue weighted by Gasteiger charge is 2.27. The van der Waals surface area contributed by atoms with Crippen molar-refractivity contribution >= 4 is 0 Å². The van der Waals surface area contributed by atoms with E-state index >= 15 is 0 Å². The summed E-state index contributed by atoms with van der Waals surface area (Å²) in [5, 5.41) is 3.39. The van der Waals surface area contributed by atoms with Crippen LogP contribution in [0, 0.1) is 5.41 Å². The summed E-state index contributed by atoms with van der Waals surface area (Å²) in [6.45, 7) is 13.2. The fraction of sp³-hybridized carbons (Fsp3) is 1.00. The summed E-state index contributed by atoms with van der Waals surface area (Å²) in [5.74, 6) is 0. The predicted octanol–water partition coefficient (Wildman–Crippen LogP) is 2.89. The van der Waals surface area contributed by atoms with E-state index < -0.39 is 0 Å². The summed E-state index contributed by atoms with van der Waals surface area (Å²) in [6.07, 6.45) is 6.83. The second-order valence-corrected chi connectivity index (χ2v) is 5.57. The van der Waals surface area contributed by atoms with Gasteiger partial charge in [0.25, 0.3) is 0 Å². The molecule has 1 aliphatic heterocycles. The van der Waals surface area contributed by atoms with Gasteiger partial charge in [-0.25, -0.2) is 0 Å². The molecular weight excluding hydrogens is 196 g/mol. The molecule has 1 saturated heterocycles. The number of nitrogens with zero attached hydrogens (tertiary/aromatic N) is 1. The molecule has 0 atom stereocenters. The first-order valence-electron chi connectivity index (χ1n) is 7.13. The number of unbranched alkanes of at least 4 members (excludes halogenated alkanes) is 1. The second kappa shape index (κ2) is 7.29. The van der Waals surface area contributed by atoms with E-state index in [-0.39, 0.29) is 0 Å². The van der Waals surface area contributed by atoms with E-state index in [9.17, 15) is 0 Å². The summed E-state index contributed by atoms with van der Waals surface area (Å²) in [4.78, 5) is 2.66. The van der Waals surface area contributed by atoms with E-state index in [2.05, 4.69) is 31.0 Å². The molecule has 16 heavy (non-hydrogen) atoms. The largest absolute Gasteiger partial charge is 0.317 e. The van der Waals surface area contributed by atoms with Crippen LogP contribution in [-0.2, 0) is 0 Å². The zero-order valence-corrected chi connectivity index (χ0v) is 11.5. The molecule has 96 valence electrons. The Bertz CT molecular complexity index is 172. The smallest absolute Gasteiger partial charge is 0.00135 e. The first-order chi connectivity index (χ1) is 7.70. The summed E-state index contributed by atoms with van der Waals surface area (Å²) < 4.78 is 0. The molecule has 0 aromatic carbocycles. The Morgan fingerprint density at radius 1 is 1.12 bits per heavy atom. The Labute approximate surface area is 102 Å². The van der Waals surface area contributed by atoms with Crippen LogP contribution in [0.5, 0.6) is 0 Å². The molecular formula is C14H30N2. The van der Waals surface area contributed by atoms with Gasteiger partial charge in [0, 0.05) is 0 Å². The predicted molar refractivity (Wildman–Crippen MR) is 71.8 cm³/mol. The molecule has 0 aromatic heterocycles. The second-order valence-electron chi connectivity index (χ2n) is 5.57. The quantitative estimate of drug-likeness (QED) is 0.672. The van der Waals surface area contributed by atoms with Crippen molar-refractivity contribution in [1.82, 2.24) is 10.2 Å². The Morgan fingerprint density at radius 2 is 1.81 bits per heavy atom. The number of hydrogen-bond acceptors (Lipinski definition) is 2. The van der Waals surface area contributed by atoms with Gasteiger partial charge in [-0.05, 0) is 63.8 Å². The highest BCUT2D eigenvalue weighted by molar-refractivity contribution is 4.81. The number of rotatable bonds is 7. The van der Waals surface area contributed by atoms with Crippen LogP contribution in [-0.4, -0.2) is 37.6 Å². The average Bonchev–Trinajstić information content (AvgIpc) is 2.31. The third kappa shape index (κ3) is 4.84. The Kier molecular flexibility index (Phi) is 6.37. The third-order valence-electron chi connectivity index (χ3n) is 4.24. The maximum Gasteiger partial charge on any atom is -0.00135 e. The van der Waals surface area contributed by atoms with Gasteiger partial charge in [-0.1, -0.05) is 27.2 Å². The molecule has 1 fully saturated rings. The van der Waals surface area contributed by atoms with Crippen LogP contribution in [0.3, 0.4) is 0 Å². The molecule has 0 bridgehead atoms. The Balaban J connectivity index is 2.04. The van der Waals surface area contributed by atoms with Gasteiger partial charge in [0.2, 0.25) is 0 Å². The van der Waals surface area contributed by atoms with Crippen LogP contribution in [0.4, 0.5) is 0 Å². The van der Waals surface area contributed by atoms with E-state index in [1.54, 1.807) is 0 Å². The van der Waals surface area contributed by atoms with E-state index in [4.69, 9.17) is 0 Å². The van der Waals surface area contributed by atoms with Crippen molar-refractivity contribution in [3.8, 4) is 0 Å². The van der Waals surface area contributed by atoms with Crippen LogP contribution < -0.4 is 5.32 Å². The molecule has 1 N–H and O–H groups in total. The molecule has 1 aliphatic rings. The lowest BCUT2D eigenvalue weighted by molar-refractivity contribution is 0.113. The van der Waals surface area contributed by atoms with Crippen molar-refractivity contribution < 1.29 is 0 Å². The topological polar surface area (TPSA) is 15.3 Å². The van der Waals surface area contributed by atoms with Crippen molar-refractivity contribution in [2.24, 2.45) is 5.41 Å². The molecule has 0 spiro atoms. The summed E-state index contributed by atoms with van der Waals surface area (Å²) in [7, 11) is 0. The zero-order chi connectivity index (χ0) is 11.9. The standard InChI is InChI=1S/C14H30N2/c1-4-14(3)8-12-16(13-9-14)11-7-6-10-15-5-2/h15H,4-13H2,1-3H3. The minimum absolute atomic E-state index is 0.639. The van der Waals surface area contributed by atoms with Crippen LogP contribution in [0.25, 0.3) is 0 Å². The molecule has 0 saturated carbocycles. The summed E-state index contributed by atoms with van der Waals surface area (Å²) in [6, 6.07) is 0. The molecule has 1 rings (SSSR count). The summed E-state index contributed by atoms with van der Waals surface area (Å²) in [5.41, 5.74) is 0.639. The lowest BCUT2D eigenvalue weighted by Gasteiger charge is -2.39. The SMILES string of the molecule is CCNCCCCN1CCC(C)(CC)CC1. The average molecular weight is 226 g/mol. The van der Waals surface area contributed by atoms with Gasteiger partial charge in [-0.15, -0.1) is 0 Å². The van der Waals surface area contributed by atoms with E-state index in [1.165, 1.54) is 58.3 Å². The third-order valence-corrected chi connectivity index (χ3v) is 4.24. The molecule has 0 aromatic rings. The van der Waals surface area contributed by atoms with Crippen LogP contribution in [0.1, 0.15) is 52.9 Å². The summed E-state index contributed by atoms with van der Waals surface area (Å²) >= 11 is 0. The fourth-order valence-corrected chi connectivity index (χ4v) is 2.43. The minimum atomic E-state index is 0.639. The van der Waals surface area contributed by atoms with Crippen molar-refractivity contribution in [1.29, 1.82) is 0 Å². The normalized spacial score (nSPS) is 21.2. The number of hydrogen-bond donors (Lipinski definition) is 1. The van der Waals surface area contributed by atoms with Gasteiger partial charge in [-0.3, -0.25) is 0 Å². The lowest BCUT2D eigenvalue weighted by Crippen LogP contribution is -2.38. The van der Waals surface area contributed by atoms with E-state index in [0.717, 1.165) is 6.54 Å². The van der Waals surface area contributed by atoms with Gasteiger partial charge >= 0.3 is 0 Å².